The lowest BCUT2D eigenvalue weighted by Crippen LogP contribution is -2.42. The number of hydrogen-bond donors (Lipinski definition) is 0. The quantitative estimate of drug-likeness (QED) is 0.588. The van der Waals surface area contributed by atoms with E-state index in [9.17, 15) is 4.79 Å². The number of amides is 1. The smallest absolute Gasteiger partial charge is 0.410 e. The van der Waals surface area contributed by atoms with E-state index in [0.29, 0.717) is 12.0 Å². The van der Waals surface area contributed by atoms with Crippen LogP contribution in [0.5, 0.6) is 0 Å². The van der Waals surface area contributed by atoms with Crippen molar-refractivity contribution in [2.24, 2.45) is 5.92 Å². The third-order valence-corrected chi connectivity index (χ3v) is 3.25. The summed E-state index contributed by atoms with van der Waals surface area (Å²) in [6.45, 7) is 8.42. The van der Waals surface area contributed by atoms with Gasteiger partial charge >= 0.3 is 6.09 Å². The van der Waals surface area contributed by atoms with Crippen LogP contribution in [-0.4, -0.2) is 47.2 Å². The van der Waals surface area contributed by atoms with Gasteiger partial charge in [0.25, 0.3) is 0 Å². The first-order valence-corrected chi connectivity index (χ1v) is 5.92. The molecule has 0 spiro atoms. The number of hydrogen-bond acceptors (Lipinski definition) is 3. The molecule has 92 valence electrons. The number of rotatable bonds is 0. The van der Waals surface area contributed by atoms with Gasteiger partial charge in [-0.25, -0.2) is 4.79 Å². The topological polar surface area (TPSA) is 32.8 Å². The van der Waals surface area contributed by atoms with Gasteiger partial charge in [0, 0.05) is 12.6 Å². The van der Waals surface area contributed by atoms with Crippen LogP contribution in [0, 0.1) is 13.0 Å². The molecule has 0 aromatic heterocycles. The van der Waals surface area contributed by atoms with E-state index in [4.69, 9.17) is 4.74 Å². The minimum absolute atomic E-state index is 0.171. The molecular weight excluding hydrogens is 204 g/mol. The molecule has 0 N–H and O–H groups in total. The molecule has 2 rings (SSSR count). The fourth-order valence-electron chi connectivity index (χ4n) is 2.60. The Kier molecular flexibility index (Phi) is 2.86. The molecule has 2 saturated heterocycles. The summed E-state index contributed by atoms with van der Waals surface area (Å²) < 4.78 is 5.41. The van der Waals surface area contributed by atoms with Crippen molar-refractivity contribution in [1.29, 1.82) is 0 Å². The SMILES string of the molecule is [CH2-]N1C[C@@H]2CCN(C(=O)OC(C)(C)C)[C@@H]2C1. The molecular formula is C12H21N2O2-. The van der Waals surface area contributed by atoms with Crippen LogP contribution in [0.3, 0.4) is 0 Å². The summed E-state index contributed by atoms with van der Waals surface area (Å²) in [5.41, 5.74) is -0.405. The van der Waals surface area contributed by atoms with Gasteiger partial charge < -0.3 is 14.5 Å². The Bertz CT molecular complexity index is 285. The van der Waals surface area contributed by atoms with Crippen molar-refractivity contribution >= 4 is 6.09 Å². The Morgan fingerprint density at radius 2 is 2.06 bits per heavy atom. The molecule has 4 heteroatoms. The summed E-state index contributed by atoms with van der Waals surface area (Å²) >= 11 is 0. The third-order valence-electron chi connectivity index (χ3n) is 3.25. The number of ether oxygens (including phenoxy) is 1. The van der Waals surface area contributed by atoms with Crippen molar-refractivity contribution in [3.8, 4) is 0 Å². The average molecular weight is 225 g/mol. The van der Waals surface area contributed by atoms with E-state index in [1.165, 1.54) is 0 Å². The normalized spacial score (nSPS) is 30.6. The maximum atomic E-state index is 12.0. The number of nitrogens with zero attached hydrogens (tertiary/aromatic N) is 2. The first-order chi connectivity index (χ1) is 7.37. The Morgan fingerprint density at radius 3 is 2.69 bits per heavy atom. The highest BCUT2D eigenvalue weighted by molar-refractivity contribution is 5.69. The zero-order chi connectivity index (χ0) is 11.9. The summed E-state index contributed by atoms with van der Waals surface area (Å²) in [6.07, 6.45) is 0.908. The van der Waals surface area contributed by atoms with Crippen molar-refractivity contribution in [2.45, 2.75) is 38.8 Å². The van der Waals surface area contributed by atoms with Crippen LogP contribution in [0.2, 0.25) is 0 Å². The predicted molar refractivity (Wildman–Crippen MR) is 61.8 cm³/mol. The van der Waals surface area contributed by atoms with Gasteiger partial charge in [0.2, 0.25) is 0 Å². The maximum Gasteiger partial charge on any atom is 0.410 e. The van der Waals surface area contributed by atoms with E-state index in [1.807, 2.05) is 30.6 Å². The third kappa shape index (κ3) is 2.32. The minimum atomic E-state index is -0.405. The van der Waals surface area contributed by atoms with Crippen LogP contribution in [0.15, 0.2) is 0 Å². The zero-order valence-corrected chi connectivity index (χ0v) is 10.4. The number of carbonyl (C=O) groups is 1. The molecule has 16 heavy (non-hydrogen) atoms. The first-order valence-electron chi connectivity index (χ1n) is 5.92. The van der Waals surface area contributed by atoms with Crippen molar-refractivity contribution in [1.82, 2.24) is 9.80 Å². The average Bonchev–Trinajstić information content (AvgIpc) is 2.58. The van der Waals surface area contributed by atoms with E-state index >= 15 is 0 Å². The second-order valence-electron chi connectivity index (χ2n) is 5.83. The zero-order valence-electron chi connectivity index (χ0n) is 10.4. The molecule has 2 aliphatic heterocycles. The highest BCUT2D eigenvalue weighted by atomic mass is 16.6. The molecule has 0 aliphatic carbocycles. The van der Waals surface area contributed by atoms with Crippen LogP contribution < -0.4 is 0 Å². The second-order valence-corrected chi connectivity index (χ2v) is 5.83. The number of carbonyl (C=O) groups excluding carboxylic acids is 1. The fourth-order valence-corrected chi connectivity index (χ4v) is 2.60. The Morgan fingerprint density at radius 1 is 1.38 bits per heavy atom. The molecule has 2 heterocycles. The lowest BCUT2D eigenvalue weighted by Gasteiger charge is -2.29. The van der Waals surface area contributed by atoms with E-state index in [-0.39, 0.29) is 6.09 Å². The van der Waals surface area contributed by atoms with Gasteiger partial charge in [0.1, 0.15) is 5.60 Å². The van der Waals surface area contributed by atoms with E-state index < -0.39 is 5.60 Å². The molecule has 0 bridgehead atoms. The monoisotopic (exact) mass is 225 g/mol. The highest BCUT2D eigenvalue weighted by Crippen LogP contribution is 2.31. The van der Waals surface area contributed by atoms with Gasteiger partial charge in [0.05, 0.1) is 0 Å². The Labute approximate surface area is 97.5 Å². The highest BCUT2D eigenvalue weighted by Gasteiger charge is 2.41. The van der Waals surface area contributed by atoms with Crippen molar-refractivity contribution in [3.63, 3.8) is 0 Å². The number of fused-ring (bicyclic) bond motifs is 1. The largest absolute Gasteiger partial charge is 0.457 e. The van der Waals surface area contributed by atoms with E-state index in [1.54, 1.807) is 0 Å². The first kappa shape index (κ1) is 11.7. The molecule has 1 amide bonds. The summed E-state index contributed by atoms with van der Waals surface area (Å²) in [4.78, 5) is 15.9. The van der Waals surface area contributed by atoms with E-state index in [2.05, 4.69) is 7.05 Å². The minimum Gasteiger partial charge on any atom is -0.457 e. The summed E-state index contributed by atoms with van der Waals surface area (Å²) in [5.74, 6) is 0.588. The molecule has 2 aliphatic rings. The molecule has 0 unspecified atom stereocenters. The van der Waals surface area contributed by atoms with E-state index in [0.717, 1.165) is 26.1 Å². The molecule has 0 radical (unpaired) electrons. The van der Waals surface area contributed by atoms with Crippen LogP contribution in [0.25, 0.3) is 0 Å². The summed E-state index contributed by atoms with van der Waals surface area (Å²) in [7, 11) is 3.94. The molecule has 0 aromatic rings. The standard InChI is InChI=1S/C12H21N2O2/c1-12(2,3)16-11(15)14-6-5-9-7-13(4)8-10(9)14/h9-10H,4-8H2,1-3H3/q-1/t9-,10+/m0/s1. The van der Waals surface area contributed by atoms with Gasteiger partial charge in [-0.2, -0.15) is 0 Å². The van der Waals surface area contributed by atoms with Crippen molar-refractivity contribution < 1.29 is 9.53 Å². The molecule has 2 fully saturated rings. The maximum absolute atomic E-state index is 12.0. The van der Waals surface area contributed by atoms with Gasteiger partial charge in [-0.15, -0.1) is 0 Å². The molecule has 4 nitrogen and oxygen atoms in total. The lowest BCUT2D eigenvalue weighted by atomic mass is 10.1. The van der Waals surface area contributed by atoms with Gasteiger partial charge in [-0.1, -0.05) is 0 Å². The fraction of sp³-hybridized carbons (Fsp3) is 0.833. The summed E-state index contributed by atoms with van der Waals surface area (Å²) in [6, 6.07) is 0.312. The Hall–Kier alpha value is -0.770. The summed E-state index contributed by atoms with van der Waals surface area (Å²) in [5, 5.41) is 0. The van der Waals surface area contributed by atoms with Crippen LogP contribution in [0.4, 0.5) is 4.79 Å². The van der Waals surface area contributed by atoms with Crippen LogP contribution in [-0.2, 0) is 4.74 Å². The lowest BCUT2D eigenvalue weighted by molar-refractivity contribution is 0.0221. The Balaban J connectivity index is 1.98. The van der Waals surface area contributed by atoms with Gasteiger partial charge in [-0.05, 0) is 46.2 Å². The van der Waals surface area contributed by atoms with Gasteiger partial charge in [-0.3, -0.25) is 7.05 Å². The predicted octanol–water partition coefficient (Wildman–Crippen LogP) is 1.72. The molecule has 0 aromatic carbocycles. The molecule has 0 saturated carbocycles. The number of likely N-dealkylation sites (tertiary alicyclic amines) is 2. The molecule has 2 atom stereocenters. The van der Waals surface area contributed by atoms with Crippen LogP contribution in [0.1, 0.15) is 27.2 Å². The van der Waals surface area contributed by atoms with Crippen molar-refractivity contribution in [3.05, 3.63) is 7.05 Å². The van der Waals surface area contributed by atoms with Crippen LogP contribution >= 0.6 is 0 Å². The second kappa shape index (κ2) is 3.91. The van der Waals surface area contributed by atoms with Gasteiger partial charge in [0.15, 0.2) is 0 Å². The van der Waals surface area contributed by atoms with Crippen molar-refractivity contribution in [2.75, 3.05) is 19.6 Å².